The third-order valence-electron chi connectivity index (χ3n) is 2.70. The Morgan fingerprint density at radius 2 is 1.48 bits per heavy atom. The summed E-state index contributed by atoms with van der Waals surface area (Å²) in [7, 11) is 0. The highest BCUT2D eigenvalue weighted by atomic mass is 19.4. The summed E-state index contributed by atoms with van der Waals surface area (Å²) in [6.45, 7) is 0. The van der Waals surface area contributed by atoms with Crippen LogP contribution in [0.15, 0.2) is 47.4 Å². The lowest BCUT2D eigenvalue weighted by Gasteiger charge is -2.09. The molecule has 0 fully saturated rings. The maximum Gasteiger partial charge on any atom is 0.471 e. The molecule has 0 radical (unpaired) electrons. The van der Waals surface area contributed by atoms with E-state index in [0.717, 1.165) is 0 Å². The predicted molar refractivity (Wildman–Crippen MR) is 76.1 cm³/mol. The van der Waals surface area contributed by atoms with Crippen LogP contribution in [0, 0.1) is 0 Å². The number of carbonyl (C=O) groups is 2. The van der Waals surface area contributed by atoms with Gasteiger partial charge in [-0.3, -0.25) is 14.4 Å². The van der Waals surface area contributed by atoms with E-state index >= 15 is 0 Å². The van der Waals surface area contributed by atoms with E-state index in [1.807, 2.05) is 0 Å². The number of hydrogen-bond acceptors (Lipinski definition) is 3. The van der Waals surface area contributed by atoms with Crippen LogP contribution >= 0.6 is 0 Å². The Hall–Kier alpha value is -3.10. The number of aromatic amines is 1. The molecule has 0 spiro atoms. The van der Waals surface area contributed by atoms with Crippen LogP contribution in [0.3, 0.4) is 0 Å². The number of rotatable bonds is 3. The third-order valence-corrected chi connectivity index (χ3v) is 2.70. The Labute approximate surface area is 127 Å². The lowest BCUT2D eigenvalue weighted by atomic mass is 10.2. The normalized spacial score (nSPS) is 10.9. The highest BCUT2D eigenvalue weighted by Crippen LogP contribution is 2.19. The molecule has 0 aliphatic heterocycles. The van der Waals surface area contributed by atoms with Crippen molar-refractivity contribution in [2.45, 2.75) is 6.18 Å². The summed E-state index contributed by atoms with van der Waals surface area (Å²) in [5, 5.41) is 4.18. The molecule has 0 bridgehead atoms. The summed E-state index contributed by atoms with van der Waals surface area (Å²) in [4.78, 5) is 35.9. The molecular formula is C14H10F3N3O3. The van der Waals surface area contributed by atoms with Crippen molar-refractivity contribution in [3.63, 3.8) is 0 Å². The van der Waals surface area contributed by atoms with E-state index in [1.165, 1.54) is 42.6 Å². The van der Waals surface area contributed by atoms with E-state index < -0.39 is 18.0 Å². The maximum absolute atomic E-state index is 12.1. The molecule has 120 valence electrons. The molecule has 9 heteroatoms. The number of pyridine rings is 1. The quantitative estimate of drug-likeness (QED) is 0.807. The number of benzene rings is 1. The van der Waals surface area contributed by atoms with Gasteiger partial charge in [0, 0.05) is 23.6 Å². The van der Waals surface area contributed by atoms with Crippen LogP contribution in [0.4, 0.5) is 24.5 Å². The van der Waals surface area contributed by atoms with E-state index in [0.29, 0.717) is 5.69 Å². The zero-order valence-corrected chi connectivity index (χ0v) is 11.4. The van der Waals surface area contributed by atoms with Crippen LogP contribution in [0.5, 0.6) is 0 Å². The van der Waals surface area contributed by atoms with Crippen LogP contribution in [0.1, 0.15) is 10.4 Å². The first kappa shape index (κ1) is 16.3. The second-order valence-corrected chi connectivity index (χ2v) is 4.42. The third kappa shape index (κ3) is 4.43. The van der Waals surface area contributed by atoms with Gasteiger partial charge < -0.3 is 15.6 Å². The summed E-state index contributed by atoms with van der Waals surface area (Å²) in [5.41, 5.74) is 0.103. The monoisotopic (exact) mass is 325 g/mol. The van der Waals surface area contributed by atoms with Gasteiger partial charge in [0.2, 0.25) is 5.56 Å². The van der Waals surface area contributed by atoms with Gasteiger partial charge in [0.05, 0.1) is 5.56 Å². The van der Waals surface area contributed by atoms with Gasteiger partial charge in [-0.05, 0) is 30.3 Å². The number of H-pyrrole nitrogens is 1. The van der Waals surface area contributed by atoms with Crippen molar-refractivity contribution in [3.8, 4) is 0 Å². The molecule has 3 N–H and O–H groups in total. The Kier molecular flexibility index (Phi) is 4.49. The molecule has 1 aromatic heterocycles. The molecule has 23 heavy (non-hydrogen) atoms. The molecule has 6 nitrogen and oxygen atoms in total. The largest absolute Gasteiger partial charge is 0.471 e. The van der Waals surface area contributed by atoms with E-state index in [9.17, 15) is 27.6 Å². The summed E-state index contributed by atoms with van der Waals surface area (Å²) >= 11 is 0. The second kappa shape index (κ2) is 6.34. The fraction of sp³-hybridized carbons (Fsp3) is 0.0714. The SMILES string of the molecule is O=C(Nc1ccc(NC(=O)C(F)(F)F)cc1)c1ccc(=O)[nH]c1. The Bertz CT molecular complexity index is 762. The molecule has 0 atom stereocenters. The van der Waals surface area contributed by atoms with Gasteiger partial charge in [0.15, 0.2) is 0 Å². The Balaban J connectivity index is 2.02. The maximum atomic E-state index is 12.1. The molecule has 0 saturated carbocycles. The van der Waals surface area contributed by atoms with Crippen molar-refractivity contribution in [2.75, 3.05) is 10.6 Å². The zero-order valence-electron chi connectivity index (χ0n) is 11.4. The topological polar surface area (TPSA) is 91.1 Å². The average molecular weight is 325 g/mol. The molecule has 0 aliphatic rings. The van der Waals surface area contributed by atoms with Gasteiger partial charge in [0.25, 0.3) is 5.91 Å². The average Bonchev–Trinajstić information content (AvgIpc) is 2.49. The standard InChI is InChI=1S/C14H10F3N3O3/c15-14(16,17)13(23)20-10-4-2-9(3-5-10)19-12(22)8-1-6-11(21)18-7-8/h1-7H,(H,18,21)(H,19,22)(H,20,23). The van der Waals surface area contributed by atoms with Crippen molar-refractivity contribution in [2.24, 2.45) is 0 Å². The van der Waals surface area contributed by atoms with Gasteiger partial charge in [-0.1, -0.05) is 0 Å². The summed E-state index contributed by atoms with van der Waals surface area (Å²) in [6, 6.07) is 7.60. The van der Waals surface area contributed by atoms with Crippen LogP contribution < -0.4 is 16.2 Å². The minimum atomic E-state index is -4.98. The van der Waals surface area contributed by atoms with Crippen molar-refractivity contribution >= 4 is 23.2 Å². The molecule has 2 amide bonds. The number of halogens is 3. The highest BCUT2D eigenvalue weighted by Gasteiger charge is 2.38. The predicted octanol–water partition coefficient (Wildman–Crippen LogP) is 2.13. The fourth-order valence-corrected chi connectivity index (χ4v) is 1.59. The molecule has 1 aromatic carbocycles. The smallest absolute Gasteiger partial charge is 0.328 e. The van der Waals surface area contributed by atoms with Gasteiger partial charge in [0.1, 0.15) is 0 Å². The Morgan fingerprint density at radius 1 is 0.913 bits per heavy atom. The molecule has 2 rings (SSSR count). The second-order valence-electron chi connectivity index (χ2n) is 4.42. The first-order chi connectivity index (χ1) is 10.8. The molecule has 2 aromatic rings. The number of alkyl halides is 3. The molecule has 0 saturated heterocycles. The minimum absolute atomic E-state index is 0.0608. The van der Waals surface area contributed by atoms with E-state index in [-0.39, 0.29) is 16.8 Å². The van der Waals surface area contributed by atoms with Crippen LogP contribution in [-0.4, -0.2) is 23.0 Å². The first-order valence-electron chi connectivity index (χ1n) is 6.24. The van der Waals surface area contributed by atoms with Crippen molar-refractivity contribution in [1.29, 1.82) is 0 Å². The number of aromatic nitrogens is 1. The van der Waals surface area contributed by atoms with Crippen molar-refractivity contribution in [3.05, 3.63) is 58.5 Å². The number of hydrogen-bond donors (Lipinski definition) is 3. The molecule has 0 unspecified atom stereocenters. The lowest BCUT2D eigenvalue weighted by molar-refractivity contribution is -0.167. The van der Waals surface area contributed by atoms with Gasteiger partial charge in [-0.2, -0.15) is 13.2 Å². The molecule has 0 aliphatic carbocycles. The highest BCUT2D eigenvalue weighted by molar-refractivity contribution is 6.04. The Morgan fingerprint density at radius 3 is 1.96 bits per heavy atom. The molecular weight excluding hydrogens is 315 g/mol. The van der Waals surface area contributed by atoms with Crippen molar-refractivity contribution in [1.82, 2.24) is 4.98 Å². The van der Waals surface area contributed by atoms with E-state index in [1.54, 1.807) is 5.32 Å². The number of amides is 2. The fourth-order valence-electron chi connectivity index (χ4n) is 1.59. The van der Waals surface area contributed by atoms with Gasteiger partial charge in [-0.25, -0.2) is 0 Å². The van der Waals surface area contributed by atoms with Crippen LogP contribution in [-0.2, 0) is 4.79 Å². The number of nitrogens with one attached hydrogen (secondary N) is 3. The summed E-state index contributed by atoms with van der Waals surface area (Å²) in [6.07, 6.45) is -3.74. The molecule has 1 heterocycles. The number of anilines is 2. The minimum Gasteiger partial charge on any atom is -0.328 e. The summed E-state index contributed by atoms with van der Waals surface area (Å²) in [5.74, 6) is -2.59. The van der Waals surface area contributed by atoms with Crippen molar-refractivity contribution < 1.29 is 22.8 Å². The van der Waals surface area contributed by atoms with Gasteiger partial charge >= 0.3 is 12.1 Å². The van der Waals surface area contributed by atoms with Gasteiger partial charge in [-0.15, -0.1) is 0 Å². The summed E-state index contributed by atoms with van der Waals surface area (Å²) < 4.78 is 36.3. The van der Waals surface area contributed by atoms with Crippen LogP contribution in [0.2, 0.25) is 0 Å². The van der Waals surface area contributed by atoms with E-state index in [4.69, 9.17) is 0 Å². The van der Waals surface area contributed by atoms with E-state index in [2.05, 4.69) is 10.3 Å². The lowest BCUT2D eigenvalue weighted by Crippen LogP contribution is -2.29. The zero-order chi connectivity index (χ0) is 17.0. The number of carbonyl (C=O) groups excluding carboxylic acids is 2. The first-order valence-corrected chi connectivity index (χ1v) is 6.24. The van der Waals surface area contributed by atoms with Crippen LogP contribution in [0.25, 0.3) is 0 Å².